The zero-order chi connectivity index (χ0) is 17.4. The first-order chi connectivity index (χ1) is 11.9. The van der Waals surface area contributed by atoms with Crippen LogP contribution >= 0.6 is 0 Å². The van der Waals surface area contributed by atoms with E-state index in [9.17, 15) is 4.79 Å². The monoisotopic (exact) mass is 344 g/mol. The molecule has 0 unspecified atom stereocenters. The molecule has 0 aromatic rings. The summed E-state index contributed by atoms with van der Waals surface area (Å²) in [4.78, 5) is 13.3. The van der Waals surface area contributed by atoms with Crippen LogP contribution in [0.3, 0.4) is 0 Å². The summed E-state index contributed by atoms with van der Waals surface area (Å²) >= 11 is 0. The van der Waals surface area contributed by atoms with Gasteiger partial charge in [0.1, 0.15) is 0 Å². The SMILES string of the molecule is C[C@H]1CC[C@@]2(C)C(=CC(=O)[C@@H]3[C@@H]2CC[C@@]2(C)[C@H]3CCC23OCCO3)C1. The molecule has 1 heterocycles. The number of ketones is 1. The highest BCUT2D eigenvalue weighted by atomic mass is 16.7. The minimum Gasteiger partial charge on any atom is -0.347 e. The van der Waals surface area contributed by atoms with E-state index >= 15 is 0 Å². The van der Waals surface area contributed by atoms with Crippen molar-refractivity contribution >= 4 is 5.78 Å². The molecule has 0 bridgehead atoms. The summed E-state index contributed by atoms with van der Waals surface area (Å²) in [6, 6.07) is 0. The summed E-state index contributed by atoms with van der Waals surface area (Å²) in [5.41, 5.74) is 1.71. The van der Waals surface area contributed by atoms with Gasteiger partial charge in [0.25, 0.3) is 0 Å². The third-order valence-electron chi connectivity index (χ3n) is 8.99. The summed E-state index contributed by atoms with van der Waals surface area (Å²) in [7, 11) is 0. The quantitative estimate of drug-likeness (QED) is 0.649. The largest absolute Gasteiger partial charge is 0.347 e. The Bertz CT molecular complexity index is 631. The van der Waals surface area contributed by atoms with Gasteiger partial charge >= 0.3 is 0 Å². The fourth-order valence-electron chi connectivity index (χ4n) is 7.47. The number of carbonyl (C=O) groups is 1. The van der Waals surface area contributed by atoms with Crippen molar-refractivity contribution in [1.82, 2.24) is 0 Å². The normalized spacial score (nSPS) is 51.0. The predicted octanol–water partition coefficient (Wildman–Crippen LogP) is 4.51. The molecule has 3 heteroatoms. The maximum Gasteiger partial charge on any atom is 0.174 e. The lowest BCUT2D eigenvalue weighted by Crippen LogP contribution is -2.56. The van der Waals surface area contributed by atoms with Crippen LogP contribution in [-0.4, -0.2) is 24.8 Å². The predicted molar refractivity (Wildman–Crippen MR) is 95.9 cm³/mol. The van der Waals surface area contributed by atoms with Crippen LogP contribution in [0.15, 0.2) is 11.6 Å². The molecule has 1 saturated heterocycles. The van der Waals surface area contributed by atoms with Gasteiger partial charge in [0.2, 0.25) is 0 Å². The van der Waals surface area contributed by atoms with Crippen LogP contribution in [0.1, 0.15) is 65.7 Å². The van der Waals surface area contributed by atoms with Crippen molar-refractivity contribution in [1.29, 1.82) is 0 Å². The first kappa shape index (κ1) is 16.5. The molecule has 138 valence electrons. The first-order valence-corrected chi connectivity index (χ1v) is 10.4. The zero-order valence-electron chi connectivity index (χ0n) is 16.0. The highest BCUT2D eigenvalue weighted by Crippen LogP contribution is 2.68. The molecule has 0 amide bonds. The number of rotatable bonds is 0. The Morgan fingerprint density at radius 3 is 2.48 bits per heavy atom. The van der Waals surface area contributed by atoms with Gasteiger partial charge in [-0.1, -0.05) is 26.3 Å². The molecule has 4 aliphatic carbocycles. The summed E-state index contributed by atoms with van der Waals surface area (Å²) in [5, 5.41) is 0. The van der Waals surface area contributed by atoms with Crippen molar-refractivity contribution < 1.29 is 14.3 Å². The molecular weight excluding hydrogens is 312 g/mol. The molecule has 6 atom stereocenters. The Kier molecular flexibility index (Phi) is 3.43. The molecule has 1 spiro atoms. The third kappa shape index (κ3) is 1.97. The van der Waals surface area contributed by atoms with Gasteiger partial charge in [-0.15, -0.1) is 0 Å². The molecule has 5 rings (SSSR count). The fourth-order valence-corrected chi connectivity index (χ4v) is 7.47. The molecule has 0 N–H and O–H groups in total. The number of hydrogen-bond donors (Lipinski definition) is 0. The third-order valence-corrected chi connectivity index (χ3v) is 8.99. The second kappa shape index (κ2) is 5.19. The van der Waals surface area contributed by atoms with Gasteiger partial charge in [0.15, 0.2) is 11.6 Å². The highest BCUT2D eigenvalue weighted by Gasteiger charge is 2.67. The molecule has 0 aromatic heterocycles. The van der Waals surface area contributed by atoms with E-state index in [2.05, 4.69) is 26.8 Å². The molecular formula is C22H32O3. The lowest BCUT2D eigenvalue weighted by Gasteiger charge is -2.58. The number of allylic oxidation sites excluding steroid dienone is 2. The van der Waals surface area contributed by atoms with Crippen molar-refractivity contribution in [3.8, 4) is 0 Å². The summed E-state index contributed by atoms with van der Waals surface area (Å²) in [5.74, 6) is 1.88. The van der Waals surface area contributed by atoms with Crippen molar-refractivity contribution in [2.75, 3.05) is 13.2 Å². The topological polar surface area (TPSA) is 35.5 Å². The average Bonchev–Trinajstić information content (AvgIpc) is 3.17. The Labute approximate surface area is 151 Å². The van der Waals surface area contributed by atoms with E-state index in [0.29, 0.717) is 30.8 Å². The van der Waals surface area contributed by atoms with Crippen molar-refractivity contribution in [2.45, 2.75) is 71.5 Å². The molecule has 25 heavy (non-hydrogen) atoms. The van der Waals surface area contributed by atoms with Crippen LogP contribution in [0.2, 0.25) is 0 Å². The van der Waals surface area contributed by atoms with E-state index in [0.717, 1.165) is 38.0 Å². The number of hydrogen-bond acceptors (Lipinski definition) is 3. The van der Waals surface area contributed by atoms with Crippen molar-refractivity contribution in [3.63, 3.8) is 0 Å². The van der Waals surface area contributed by atoms with Crippen LogP contribution in [0.5, 0.6) is 0 Å². The minimum absolute atomic E-state index is 0.00396. The summed E-state index contributed by atoms with van der Waals surface area (Å²) in [6.07, 6.45) is 10.1. The van der Waals surface area contributed by atoms with Gasteiger partial charge in [0, 0.05) is 17.8 Å². The van der Waals surface area contributed by atoms with E-state index in [-0.39, 0.29) is 16.7 Å². The van der Waals surface area contributed by atoms with Gasteiger partial charge in [-0.25, -0.2) is 0 Å². The number of fused-ring (bicyclic) bond motifs is 6. The molecule has 3 saturated carbocycles. The Morgan fingerprint density at radius 1 is 1.00 bits per heavy atom. The van der Waals surface area contributed by atoms with E-state index in [1.54, 1.807) is 0 Å². The molecule has 4 fully saturated rings. The van der Waals surface area contributed by atoms with E-state index in [1.165, 1.54) is 18.4 Å². The summed E-state index contributed by atoms with van der Waals surface area (Å²) < 4.78 is 12.4. The van der Waals surface area contributed by atoms with Crippen molar-refractivity contribution in [2.24, 2.45) is 34.5 Å². The highest BCUT2D eigenvalue weighted by molar-refractivity contribution is 5.94. The number of carbonyl (C=O) groups excluding carboxylic acids is 1. The Morgan fingerprint density at radius 2 is 1.72 bits per heavy atom. The van der Waals surface area contributed by atoms with E-state index in [4.69, 9.17) is 9.47 Å². The Balaban J connectivity index is 1.54. The van der Waals surface area contributed by atoms with Crippen LogP contribution in [-0.2, 0) is 14.3 Å². The van der Waals surface area contributed by atoms with Crippen LogP contribution in [0.25, 0.3) is 0 Å². The van der Waals surface area contributed by atoms with Gasteiger partial charge in [-0.2, -0.15) is 0 Å². The maximum absolute atomic E-state index is 13.3. The second-order valence-corrected chi connectivity index (χ2v) is 10.0. The standard InChI is InChI=1S/C22H32O3/c1-14-4-7-20(2)15(12-14)13-18(23)19-16(20)5-8-21(3)17(19)6-9-22(21)24-10-11-25-22/h13-14,16-17,19H,4-12H2,1-3H3/t14-,16-,17-,19+,20-,21-/m0/s1. The molecule has 0 aromatic carbocycles. The lowest BCUT2D eigenvalue weighted by molar-refractivity contribution is -0.240. The molecule has 5 aliphatic rings. The van der Waals surface area contributed by atoms with Crippen LogP contribution in [0, 0.1) is 34.5 Å². The van der Waals surface area contributed by atoms with Gasteiger partial charge in [0.05, 0.1) is 13.2 Å². The maximum atomic E-state index is 13.3. The average molecular weight is 344 g/mol. The lowest BCUT2D eigenvalue weighted by atomic mass is 9.47. The summed E-state index contributed by atoms with van der Waals surface area (Å²) in [6.45, 7) is 8.58. The zero-order valence-corrected chi connectivity index (χ0v) is 16.0. The second-order valence-electron chi connectivity index (χ2n) is 10.0. The van der Waals surface area contributed by atoms with Gasteiger partial charge in [-0.05, 0) is 67.8 Å². The van der Waals surface area contributed by atoms with E-state index in [1.807, 2.05) is 0 Å². The first-order valence-electron chi connectivity index (χ1n) is 10.4. The Hall–Kier alpha value is -0.670. The molecule has 1 aliphatic heterocycles. The smallest absolute Gasteiger partial charge is 0.174 e. The van der Waals surface area contributed by atoms with Gasteiger partial charge < -0.3 is 9.47 Å². The minimum atomic E-state index is -0.408. The number of ether oxygens (including phenoxy) is 2. The van der Waals surface area contributed by atoms with Gasteiger partial charge in [-0.3, -0.25) is 4.79 Å². The molecule has 0 radical (unpaired) electrons. The van der Waals surface area contributed by atoms with Crippen LogP contribution in [0.4, 0.5) is 0 Å². The van der Waals surface area contributed by atoms with Crippen LogP contribution < -0.4 is 0 Å². The molecule has 3 nitrogen and oxygen atoms in total. The van der Waals surface area contributed by atoms with E-state index < -0.39 is 5.79 Å². The van der Waals surface area contributed by atoms with Crippen molar-refractivity contribution in [3.05, 3.63) is 11.6 Å². The fraction of sp³-hybridized carbons (Fsp3) is 0.864.